The number of hydrogen-bond donors (Lipinski definition) is 1. The van der Waals surface area contributed by atoms with Gasteiger partial charge >= 0.3 is 0 Å². The smallest absolute Gasteiger partial charge is 0.266 e. The van der Waals surface area contributed by atoms with Gasteiger partial charge in [0.05, 0.1) is 0 Å². The Morgan fingerprint density at radius 3 is 2.85 bits per heavy atom. The van der Waals surface area contributed by atoms with Gasteiger partial charge in [-0.25, -0.2) is 9.37 Å². The van der Waals surface area contributed by atoms with Crippen molar-refractivity contribution < 1.29 is 13.7 Å². The Labute approximate surface area is 191 Å². The van der Waals surface area contributed by atoms with Crippen LogP contribution in [0.5, 0.6) is 0 Å². The van der Waals surface area contributed by atoms with Gasteiger partial charge in [0.25, 0.3) is 11.3 Å². The molecule has 1 aliphatic heterocycles. The average Bonchev–Trinajstić information content (AvgIpc) is 3.27. The fraction of sp³-hybridized carbons (Fsp3) is 0.500. The molecule has 0 radical (unpaired) electrons. The maximum atomic E-state index is 13.2. The lowest BCUT2D eigenvalue weighted by Gasteiger charge is -2.35. The van der Waals surface area contributed by atoms with Crippen LogP contribution in [-0.2, 0) is 11.3 Å². The molecule has 33 heavy (non-hydrogen) atoms. The second kappa shape index (κ2) is 10.7. The number of nitrogens with one attached hydrogen (secondary N) is 1. The van der Waals surface area contributed by atoms with Gasteiger partial charge in [0.15, 0.2) is 0 Å². The largest absolute Gasteiger partial charge is 0.356 e. The zero-order valence-electron chi connectivity index (χ0n) is 18.9. The first kappa shape index (κ1) is 23.1. The Balaban J connectivity index is 1.32. The highest BCUT2D eigenvalue weighted by molar-refractivity contribution is 5.88. The predicted octanol–water partition coefficient (Wildman–Crippen LogP) is 3.35. The molecule has 0 spiro atoms. The number of piperidine rings is 1. The molecule has 9 heteroatoms. The van der Waals surface area contributed by atoms with Crippen molar-refractivity contribution in [1.82, 2.24) is 24.9 Å². The molecule has 1 atom stereocenters. The molecule has 4 rings (SSSR count). The standard InChI is InChI=1S/C24H30FN5O3/c1-2-19-6-3-4-13-29(19)14-5-12-26-20(31)11-15-30-16-27-23-21(24(30)32)22(28-33-23)17-7-9-18(25)10-8-17/h7-10,16,19H,2-6,11-15H2,1H3,(H,26,31)/t19-/m0/s1. The number of hydrogen-bond acceptors (Lipinski definition) is 6. The molecular weight excluding hydrogens is 425 g/mol. The van der Waals surface area contributed by atoms with Crippen molar-refractivity contribution in [1.29, 1.82) is 0 Å². The molecule has 3 aromatic rings. The summed E-state index contributed by atoms with van der Waals surface area (Å²) in [6.07, 6.45) is 7.46. The van der Waals surface area contributed by atoms with Gasteiger partial charge in [-0.3, -0.25) is 14.2 Å². The zero-order chi connectivity index (χ0) is 23.2. The number of amides is 1. The molecule has 1 saturated heterocycles. The van der Waals surface area contributed by atoms with Crippen molar-refractivity contribution in [2.45, 2.75) is 58.0 Å². The SMILES string of the molecule is CC[C@H]1CCCCN1CCCNC(=O)CCn1cnc2onc(-c3ccc(F)cc3)c2c1=O. The Kier molecular flexibility index (Phi) is 7.49. The summed E-state index contributed by atoms with van der Waals surface area (Å²) in [5, 5.41) is 7.11. The van der Waals surface area contributed by atoms with E-state index in [1.165, 1.54) is 60.8 Å². The molecule has 0 aliphatic carbocycles. The highest BCUT2D eigenvalue weighted by Gasteiger charge is 2.20. The number of fused-ring (bicyclic) bond motifs is 1. The van der Waals surface area contributed by atoms with Crippen molar-refractivity contribution in [2.24, 2.45) is 0 Å². The van der Waals surface area contributed by atoms with Crippen LogP contribution in [0.4, 0.5) is 4.39 Å². The van der Waals surface area contributed by atoms with E-state index in [0.717, 1.165) is 19.5 Å². The summed E-state index contributed by atoms with van der Waals surface area (Å²) < 4.78 is 19.8. The average molecular weight is 456 g/mol. The number of carbonyl (C=O) groups excluding carboxylic acids is 1. The third-order valence-electron chi connectivity index (χ3n) is 6.33. The maximum absolute atomic E-state index is 13.2. The highest BCUT2D eigenvalue weighted by Crippen LogP contribution is 2.24. The van der Waals surface area contributed by atoms with Crippen LogP contribution in [-0.4, -0.2) is 51.2 Å². The van der Waals surface area contributed by atoms with E-state index < -0.39 is 0 Å². The zero-order valence-corrected chi connectivity index (χ0v) is 18.9. The number of halogens is 1. The number of carbonyl (C=O) groups is 1. The molecule has 1 aliphatic rings. The van der Waals surface area contributed by atoms with Gasteiger partial charge < -0.3 is 14.7 Å². The first-order valence-electron chi connectivity index (χ1n) is 11.7. The van der Waals surface area contributed by atoms with Gasteiger partial charge in [-0.15, -0.1) is 0 Å². The molecule has 1 N–H and O–H groups in total. The Bertz CT molecular complexity index is 1140. The topological polar surface area (TPSA) is 93.3 Å². The van der Waals surface area contributed by atoms with E-state index in [4.69, 9.17) is 4.52 Å². The van der Waals surface area contributed by atoms with Crippen LogP contribution in [0.3, 0.4) is 0 Å². The molecule has 1 aromatic carbocycles. The fourth-order valence-electron chi connectivity index (χ4n) is 4.48. The Morgan fingerprint density at radius 2 is 2.06 bits per heavy atom. The number of likely N-dealkylation sites (tertiary alicyclic amines) is 1. The van der Waals surface area contributed by atoms with E-state index in [1.54, 1.807) is 0 Å². The van der Waals surface area contributed by atoms with Crippen molar-refractivity contribution in [2.75, 3.05) is 19.6 Å². The van der Waals surface area contributed by atoms with Crippen molar-refractivity contribution in [3.05, 3.63) is 46.8 Å². The Hall–Kier alpha value is -3.07. The number of aromatic nitrogens is 3. The molecular formula is C24H30FN5O3. The molecule has 176 valence electrons. The van der Waals surface area contributed by atoms with Gasteiger partial charge in [-0.2, -0.15) is 0 Å². The van der Waals surface area contributed by atoms with Gasteiger partial charge in [-0.05, 0) is 56.5 Å². The second-order valence-corrected chi connectivity index (χ2v) is 8.51. The van der Waals surface area contributed by atoms with Crippen LogP contribution in [0.25, 0.3) is 22.4 Å². The highest BCUT2D eigenvalue weighted by atomic mass is 19.1. The van der Waals surface area contributed by atoms with Crippen molar-refractivity contribution in [3.8, 4) is 11.3 Å². The first-order valence-corrected chi connectivity index (χ1v) is 11.7. The van der Waals surface area contributed by atoms with Crippen LogP contribution in [0.2, 0.25) is 0 Å². The summed E-state index contributed by atoms with van der Waals surface area (Å²) in [6.45, 7) is 5.21. The minimum Gasteiger partial charge on any atom is -0.356 e. The van der Waals surface area contributed by atoms with E-state index >= 15 is 0 Å². The lowest BCUT2D eigenvalue weighted by molar-refractivity contribution is -0.121. The van der Waals surface area contributed by atoms with E-state index in [0.29, 0.717) is 23.8 Å². The van der Waals surface area contributed by atoms with Crippen LogP contribution >= 0.6 is 0 Å². The van der Waals surface area contributed by atoms with Crippen LogP contribution in [0.1, 0.15) is 45.4 Å². The van der Waals surface area contributed by atoms with Gasteiger partial charge in [0.1, 0.15) is 23.2 Å². The summed E-state index contributed by atoms with van der Waals surface area (Å²) >= 11 is 0. The molecule has 1 fully saturated rings. The summed E-state index contributed by atoms with van der Waals surface area (Å²) in [7, 11) is 0. The first-order chi connectivity index (χ1) is 16.1. The quantitative estimate of drug-likeness (QED) is 0.498. The molecule has 2 aromatic heterocycles. The minimum absolute atomic E-state index is 0.100. The lowest BCUT2D eigenvalue weighted by atomic mass is 10.00. The summed E-state index contributed by atoms with van der Waals surface area (Å²) in [4.78, 5) is 32.0. The molecule has 0 unspecified atom stereocenters. The Morgan fingerprint density at radius 1 is 1.24 bits per heavy atom. The minimum atomic E-state index is -0.380. The lowest BCUT2D eigenvalue weighted by Crippen LogP contribution is -2.40. The van der Waals surface area contributed by atoms with Gasteiger partial charge in [-0.1, -0.05) is 18.5 Å². The number of benzene rings is 1. The number of aryl methyl sites for hydroxylation is 1. The van der Waals surface area contributed by atoms with Crippen molar-refractivity contribution >= 4 is 17.0 Å². The molecule has 0 saturated carbocycles. The molecule has 0 bridgehead atoms. The summed E-state index contributed by atoms with van der Waals surface area (Å²) in [5.74, 6) is -0.481. The number of rotatable bonds is 9. The van der Waals surface area contributed by atoms with Crippen LogP contribution in [0.15, 0.2) is 39.9 Å². The predicted molar refractivity (Wildman–Crippen MR) is 123 cm³/mol. The number of nitrogens with zero attached hydrogens (tertiary/aromatic N) is 4. The third-order valence-corrected chi connectivity index (χ3v) is 6.33. The fourth-order valence-corrected chi connectivity index (χ4v) is 4.48. The second-order valence-electron chi connectivity index (χ2n) is 8.51. The van der Waals surface area contributed by atoms with E-state index in [2.05, 4.69) is 27.3 Å². The third kappa shape index (κ3) is 5.47. The van der Waals surface area contributed by atoms with Crippen LogP contribution < -0.4 is 10.9 Å². The van der Waals surface area contributed by atoms with E-state index in [-0.39, 0.29) is 41.3 Å². The molecule has 8 nitrogen and oxygen atoms in total. The maximum Gasteiger partial charge on any atom is 0.266 e. The van der Waals surface area contributed by atoms with Gasteiger partial charge in [0, 0.05) is 37.7 Å². The summed E-state index contributed by atoms with van der Waals surface area (Å²) in [5.41, 5.74) is 0.639. The summed E-state index contributed by atoms with van der Waals surface area (Å²) in [6, 6.07) is 6.32. The van der Waals surface area contributed by atoms with E-state index in [1.807, 2.05) is 0 Å². The van der Waals surface area contributed by atoms with E-state index in [9.17, 15) is 14.0 Å². The molecule has 3 heterocycles. The monoisotopic (exact) mass is 455 g/mol. The van der Waals surface area contributed by atoms with Gasteiger partial charge in [0.2, 0.25) is 5.91 Å². The normalized spacial score (nSPS) is 16.8. The van der Waals surface area contributed by atoms with Crippen LogP contribution in [0, 0.1) is 5.82 Å². The molecule has 1 amide bonds. The van der Waals surface area contributed by atoms with Crippen molar-refractivity contribution in [3.63, 3.8) is 0 Å².